The van der Waals surface area contributed by atoms with E-state index in [0.29, 0.717) is 29.3 Å². The van der Waals surface area contributed by atoms with Gasteiger partial charge in [0.15, 0.2) is 5.82 Å². The van der Waals surface area contributed by atoms with E-state index >= 15 is 0 Å². The fourth-order valence-corrected chi connectivity index (χ4v) is 4.11. The number of nitrogens with one attached hydrogen (secondary N) is 3. The minimum atomic E-state index is -0.517. The second-order valence-corrected chi connectivity index (χ2v) is 8.18. The predicted octanol–water partition coefficient (Wildman–Crippen LogP) is 4.94. The molecule has 2 aromatic carbocycles. The Labute approximate surface area is 197 Å². The Balaban J connectivity index is 1.53. The van der Waals surface area contributed by atoms with Crippen molar-refractivity contribution < 1.29 is 14.7 Å². The first-order valence-electron chi connectivity index (χ1n) is 9.86. The molecule has 0 aliphatic heterocycles. The van der Waals surface area contributed by atoms with Crippen LogP contribution in [0.25, 0.3) is 21.5 Å². The molecule has 168 valence electrons. The molecule has 11 heteroatoms. The summed E-state index contributed by atoms with van der Waals surface area (Å²) in [6.07, 6.45) is 0. The maximum absolute atomic E-state index is 12.1. The van der Waals surface area contributed by atoms with Crippen LogP contribution in [0.4, 0.5) is 11.5 Å². The normalized spacial score (nSPS) is 10.8. The van der Waals surface area contributed by atoms with Crippen molar-refractivity contribution in [3.05, 3.63) is 70.2 Å². The zero-order valence-electron chi connectivity index (χ0n) is 17.2. The number of fused-ring (bicyclic) bond motifs is 1. The number of aliphatic hydroxyl groups is 1. The summed E-state index contributed by atoms with van der Waals surface area (Å²) >= 11 is 7.88. The number of hydrogen-bond acceptors (Lipinski definition) is 9. The molecule has 9 nitrogen and oxygen atoms in total. The summed E-state index contributed by atoms with van der Waals surface area (Å²) in [6, 6.07) is 14.4. The van der Waals surface area contributed by atoms with Crippen LogP contribution in [-0.2, 0) is 11.4 Å². The summed E-state index contributed by atoms with van der Waals surface area (Å²) in [5.41, 5.74) is 15.4. The van der Waals surface area contributed by atoms with Crippen LogP contribution >= 0.6 is 22.9 Å². The molecule has 0 radical (unpaired) electrons. The molecule has 0 unspecified atom stereocenters. The maximum Gasteiger partial charge on any atom is 0.276 e. The highest BCUT2D eigenvalue weighted by Crippen LogP contribution is 2.30. The third-order valence-electron chi connectivity index (χ3n) is 4.72. The summed E-state index contributed by atoms with van der Waals surface area (Å²) in [5.74, 6) is -0.0566. The van der Waals surface area contributed by atoms with E-state index in [0.717, 1.165) is 15.8 Å². The molecule has 0 aliphatic carbocycles. The molecule has 0 fully saturated rings. The van der Waals surface area contributed by atoms with Crippen molar-refractivity contribution >= 4 is 50.6 Å². The average Bonchev–Trinajstić information content (AvgIpc) is 3.30. The van der Waals surface area contributed by atoms with Gasteiger partial charge < -0.3 is 10.4 Å². The number of hydrogen-bond donors (Lipinski definition) is 4. The Morgan fingerprint density at radius 2 is 2.09 bits per heavy atom. The van der Waals surface area contributed by atoms with Crippen LogP contribution in [0.1, 0.15) is 15.9 Å². The molecule has 0 saturated carbocycles. The molecule has 0 aliphatic rings. The molecular formula is C22H19ClN6O3S. The topological polar surface area (TPSA) is 133 Å². The third kappa shape index (κ3) is 5.32. The van der Waals surface area contributed by atoms with Gasteiger partial charge in [-0.25, -0.2) is 21.0 Å². The first-order valence-corrected chi connectivity index (χ1v) is 11.1. The summed E-state index contributed by atoms with van der Waals surface area (Å²) in [4.78, 5) is 25.9. The largest absolute Gasteiger partial charge is 0.394 e. The van der Waals surface area contributed by atoms with Gasteiger partial charge >= 0.3 is 0 Å². The number of rotatable bonds is 9. The lowest BCUT2D eigenvalue weighted by Crippen LogP contribution is -2.25. The quantitative estimate of drug-likeness (QED) is 0.152. The van der Waals surface area contributed by atoms with Crippen LogP contribution in [0.5, 0.6) is 0 Å². The minimum Gasteiger partial charge on any atom is -0.394 e. The van der Waals surface area contributed by atoms with Crippen molar-refractivity contribution in [2.45, 2.75) is 6.54 Å². The average molecular weight is 483 g/mol. The number of anilines is 1. The molecule has 2 aromatic heterocycles. The number of hydroxylamine groups is 1. The van der Waals surface area contributed by atoms with Gasteiger partial charge in [-0.15, -0.1) is 11.3 Å². The SMILES string of the molecule is N=Nc1ccc(-c2ccc(C(=O)NOCCO)c(Cl)c2)nc1NCc1ccc2ncsc2c1. The van der Waals surface area contributed by atoms with Crippen LogP contribution in [0, 0.1) is 5.53 Å². The number of thiazole rings is 1. The lowest BCUT2D eigenvalue weighted by molar-refractivity contribution is 0.0168. The van der Waals surface area contributed by atoms with Gasteiger partial charge in [0.2, 0.25) is 0 Å². The smallest absolute Gasteiger partial charge is 0.276 e. The number of pyridine rings is 1. The second kappa shape index (κ2) is 10.5. The van der Waals surface area contributed by atoms with Crippen molar-refractivity contribution in [3.8, 4) is 11.3 Å². The molecule has 33 heavy (non-hydrogen) atoms. The Morgan fingerprint density at radius 3 is 2.88 bits per heavy atom. The molecule has 4 aromatic rings. The van der Waals surface area contributed by atoms with Crippen molar-refractivity contribution in [3.63, 3.8) is 0 Å². The Hall–Kier alpha value is -3.44. The summed E-state index contributed by atoms with van der Waals surface area (Å²) in [5, 5.41) is 15.8. The predicted molar refractivity (Wildman–Crippen MR) is 127 cm³/mol. The summed E-state index contributed by atoms with van der Waals surface area (Å²) in [7, 11) is 0. The first kappa shape index (κ1) is 22.7. The summed E-state index contributed by atoms with van der Waals surface area (Å²) < 4.78 is 1.10. The number of aromatic nitrogens is 2. The number of halogens is 1. The molecule has 4 rings (SSSR count). The van der Waals surface area contributed by atoms with Crippen LogP contribution in [0.15, 0.2) is 59.2 Å². The molecule has 2 heterocycles. The standard InChI is InChI=1S/C22H19ClN6O3S/c23-16-10-14(2-3-15(16)22(31)29-32-8-7-30)17-5-6-19(28-24)21(27-17)25-11-13-1-4-18-20(9-13)33-12-26-18/h1-6,9-10,12,24,30H,7-8,11H2,(H,25,27)(H,29,31). The Morgan fingerprint density at radius 1 is 1.21 bits per heavy atom. The van der Waals surface area contributed by atoms with Crippen LogP contribution in [-0.4, -0.2) is 34.2 Å². The minimum absolute atomic E-state index is 0.0212. The van der Waals surface area contributed by atoms with Crippen LogP contribution < -0.4 is 10.8 Å². The number of nitrogens with zero attached hydrogens (tertiary/aromatic N) is 3. The lowest BCUT2D eigenvalue weighted by atomic mass is 10.1. The van der Waals surface area contributed by atoms with Gasteiger partial charge in [0.05, 0.1) is 45.2 Å². The molecule has 0 spiro atoms. The maximum atomic E-state index is 12.1. The van der Waals surface area contributed by atoms with Crippen molar-refractivity contribution in [1.82, 2.24) is 15.4 Å². The number of benzene rings is 2. The van der Waals surface area contributed by atoms with E-state index in [1.54, 1.807) is 41.7 Å². The van der Waals surface area contributed by atoms with Crippen molar-refractivity contribution in [2.75, 3.05) is 18.5 Å². The number of carbonyl (C=O) groups is 1. The van der Waals surface area contributed by atoms with E-state index in [1.807, 2.05) is 17.6 Å². The lowest BCUT2D eigenvalue weighted by Gasteiger charge is -2.11. The van der Waals surface area contributed by atoms with Crippen molar-refractivity contribution in [1.29, 1.82) is 5.53 Å². The zero-order chi connectivity index (χ0) is 23.2. The highest BCUT2D eigenvalue weighted by atomic mass is 35.5. The highest BCUT2D eigenvalue weighted by molar-refractivity contribution is 7.16. The van der Waals surface area contributed by atoms with Gasteiger partial charge in [0.25, 0.3) is 5.91 Å². The van der Waals surface area contributed by atoms with Gasteiger partial charge in [-0.3, -0.25) is 9.63 Å². The van der Waals surface area contributed by atoms with Gasteiger partial charge in [-0.05, 0) is 42.0 Å². The highest BCUT2D eigenvalue weighted by Gasteiger charge is 2.13. The summed E-state index contributed by atoms with van der Waals surface area (Å²) in [6.45, 7) is 0.266. The molecule has 4 N–H and O–H groups in total. The molecule has 0 saturated heterocycles. The molecule has 0 atom stereocenters. The Kier molecular flexibility index (Phi) is 7.20. The number of carbonyl (C=O) groups excluding carboxylic acids is 1. The zero-order valence-corrected chi connectivity index (χ0v) is 18.8. The van der Waals surface area contributed by atoms with E-state index in [9.17, 15) is 4.79 Å². The van der Waals surface area contributed by atoms with E-state index in [4.69, 9.17) is 27.1 Å². The number of aliphatic hydroxyl groups excluding tert-OH is 1. The molecular weight excluding hydrogens is 464 g/mol. The Bertz CT molecular complexity index is 1310. The fraction of sp³-hybridized carbons (Fsp3) is 0.136. The van der Waals surface area contributed by atoms with E-state index in [-0.39, 0.29) is 23.8 Å². The van der Waals surface area contributed by atoms with Gasteiger partial charge in [0.1, 0.15) is 5.69 Å². The second-order valence-electron chi connectivity index (χ2n) is 6.88. The van der Waals surface area contributed by atoms with E-state index < -0.39 is 5.91 Å². The van der Waals surface area contributed by atoms with Crippen LogP contribution in [0.2, 0.25) is 5.02 Å². The monoisotopic (exact) mass is 482 g/mol. The van der Waals surface area contributed by atoms with Gasteiger partial charge in [0, 0.05) is 12.1 Å². The van der Waals surface area contributed by atoms with E-state index in [1.165, 1.54) is 0 Å². The van der Waals surface area contributed by atoms with Crippen LogP contribution in [0.3, 0.4) is 0 Å². The van der Waals surface area contributed by atoms with Crippen molar-refractivity contribution in [2.24, 2.45) is 5.11 Å². The third-order valence-corrected chi connectivity index (χ3v) is 5.82. The molecule has 1 amide bonds. The molecule has 0 bridgehead atoms. The van der Waals surface area contributed by atoms with Gasteiger partial charge in [-0.2, -0.15) is 5.11 Å². The number of amides is 1. The van der Waals surface area contributed by atoms with Gasteiger partial charge in [-0.1, -0.05) is 23.7 Å². The van der Waals surface area contributed by atoms with E-state index in [2.05, 4.69) is 31.9 Å². The first-order chi connectivity index (χ1) is 16.1. The fourth-order valence-electron chi connectivity index (χ4n) is 3.10.